The number of hydrazone groups is 1. The van der Waals surface area contributed by atoms with Crippen LogP contribution < -0.4 is 9.64 Å². The minimum atomic E-state index is -0.319. The van der Waals surface area contributed by atoms with Crippen LogP contribution in [0.5, 0.6) is 5.75 Å². The Hall–Kier alpha value is -3.87. The van der Waals surface area contributed by atoms with Crippen molar-refractivity contribution in [1.29, 1.82) is 0 Å². The minimum absolute atomic E-state index is 0.111. The molecule has 7 nitrogen and oxygen atoms in total. The molecule has 5 rings (SSSR count). The van der Waals surface area contributed by atoms with E-state index in [2.05, 4.69) is 5.10 Å². The van der Waals surface area contributed by atoms with E-state index in [-0.39, 0.29) is 24.5 Å². The van der Waals surface area contributed by atoms with Crippen molar-refractivity contribution in [3.63, 3.8) is 0 Å². The first-order chi connectivity index (χ1) is 16.1. The molecule has 0 N–H and O–H groups in total. The number of anilines is 1. The number of furan rings is 1. The van der Waals surface area contributed by atoms with E-state index in [0.717, 1.165) is 23.4 Å². The Morgan fingerprint density at radius 2 is 2.00 bits per heavy atom. The molecule has 168 valence electrons. The maximum atomic E-state index is 13.1. The smallest absolute Gasteiger partial charge is 0.281 e. The van der Waals surface area contributed by atoms with Crippen LogP contribution >= 0.6 is 0 Å². The lowest BCUT2D eigenvalue weighted by molar-refractivity contribution is -0.135. The second-order valence-electron chi connectivity index (χ2n) is 8.32. The SMILES string of the molecule is Cc1ccc(C2=NN(C(=O)COc3cccc(N4CCCC4=O)c3)[C@H](c3ccco3)C2)cc1. The number of hydrogen-bond donors (Lipinski definition) is 0. The lowest BCUT2D eigenvalue weighted by atomic mass is 10.0. The summed E-state index contributed by atoms with van der Waals surface area (Å²) in [5.74, 6) is 1.07. The van der Waals surface area contributed by atoms with E-state index in [1.54, 1.807) is 23.3 Å². The summed E-state index contributed by atoms with van der Waals surface area (Å²) < 4.78 is 11.4. The molecule has 0 bridgehead atoms. The molecule has 0 aliphatic carbocycles. The Morgan fingerprint density at radius 3 is 2.73 bits per heavy atom. The number of amides is 2. The van der Waals surface area contributed by atoms with Crippen molar-refractivity contribution in [3.05, 3.63) is 83.8 Å². The highest BCUT2D eigenvalue weighted by Crippen LogP contribution is 2.33. The van der Waals surface area contributed by atoms with Gasteiger partial charge in [-0.2, -0.15) is 5.10 Å². The zero-order valence-corrected chi connectivity index (χ0v) is 18.4. The molecule has 0 saturated carbocycles. The van der Waals surface area contributed by atoms with Crippen molar-refractivity contribution in [2.45, 2.75) is 32.2 Å². The first kappa shape index (κ1) is 21.0. The molecule has 0 radical (unpaired) electrons. The number of carbonyl (C=O) groups excluding carboxylic acids is 2. The van der Waals surface area contributed by atoms with Gasteiger partial charge in [0, 0.05) is 31.1 Å². The fourth-order valence-electron chi connectivity index (χ4n) is 4.24. The van der Waals surface area contributed by atoms with Gasteiger partial charge >= 0.3 is 0 Å². The van der Waals surface area contributed by atoms with Crippen molar-refractivity contribution in [2.24, 2.45) is 5.10 Å². The van der Waals surface area contributed by atoms with E-state index < -0.39 is 0 Å². The van der Waals surface area contributed by atoms with Crippen LogP contribution in [-0.2, 0) is 9.59 Å². The first-order valence-corrected chi connectivity index (χ1v) is 11.1. The highest BCUT2D eigenvalue weighted by molar-refractivity contribution is 6.03. The molecule has 1 atom stereocenters. The minimum Gasteiger partial charge on any atom is -0.484 e. The van der Waals surface area contributed by atoms with Gasteiger partial charge in [-0.1, -0.05) is 35.9 Å². The average Bonchev–Trinajstić information content (AvgIpc) is 3.58. The second kappa shape index (κ2) is 8.94. The summed E-state index contributed by atoms with van der Waals surface area (Å²) in [7, 11) is 0. The van der Waals surface area contributed by atoms with Crippen LogP contribution in [0.25, 0.3) is 0 Å². The first-order valence-electron chi connectivity index (χ1n) is 11.1. The number of nitrogens with zero attached hydrogens (tertiary/aromatic N) is 3. The Bertz CT molecular complexity index is 1180. The van der Waals surface area contributed by atoms with Gasteiger partial charge in [0.05, 0.1) is 12.0 Å². The summed E-state index contributed by atoms with van der Waals surface area (Å²) in [5.41, 5.74) is 3.77. The van der Waals surface area contributed by atoms with Crippen LogP contribution in [0.2, 0.25) is 0 Å². The topological polar surface area (TPSA) is 75.4 Å². The molecule has 1 fully saturated rings. The lowest BCUT2D eigenvalue weighted by Gasteiger charge is -2.20. The summed E-state index contributed by atoms with van der Waals surface area (Å²) in [4.78, 5) is 26.9. The Kier molecular flexibility index (Phi) is 5.69. The highest BCUT2D eigenvalue weighted by atomic mass is 16.5. The van der Waals surface area contributed by atoms with E-state index in [9.17, 15) is 9.59 Å². The molecule has 2 amide bonds. The Labute approximate surface area is 192 Å². The summed E-state index contributed by atoms with van der Waals surface area (Å²) in [5, 5.41) is 6.10. The van der Waals surface area contributed by atoms with Crippen LogP contribution in [-0.4, -0.2) is 35.7 Å². The number of rotatable bonds is 6. The molecule has 0 spiro atoms. The van der Waals surface area contributed by atoms with Crippen molar-refractivity contribution in [1.82, 2.24) is 5.01 Å². The second-order valence-corrected chi connectivity index (χ2v) is 8.32. The highest BCUT2D eigenvalue weighted by Gasteiger charge is 2.35. The summed E-state index contributed by atoms with van der Waals surface area (Å²) >= 11 is 0. The fourth-order valence-corrected chi connectivity index (χ4v) is 4.24. The average molecular weight is 444 g/mol. The van der Waals surface area contributed by atoms with Gasteiger partial charge < -0.3 is 14.1 Å². The summed E-state index contributed by atoms with van der Waals surface area (Å²) in [6, 6.07) is 18.7. The molecule has 2 aliphatic heterocycles. The molecule has 2 aromatic carbocycles. The molecule has 7 heteroatoms. The predicted octanol–water partition coefficient (Wildman–Crippen LogP) is 4.47. The number of benzene rings is 2. The normalized spacial score (nSPS) is 18.0. The van der Waals surface area contributed by atoms with Crippen LogP contribution in [0.1, 0.15) is 42.2 Å². The number of carbonyl (C=O) groups is 2. The molecule has 33 heavy (non-hydrogen) atoms. The number of aryl methyl sites for hydroxylation is 1. The van der Waals surface area contributed by atoms with Gasteiger partial charge in [-0.25, -0.2) is 5.01 Å². The predicted molar refractivity (Wildman–Crippen MR) is 124 cm³/mol. The Balaban J connectivity index is 1.32. The summed E-state index contributed by atoms with van der Waals surface area (Å²) in [6.45, 7) is 2.57. The Morgan fingerprint density at radius 1 is 1.15 bits per heavy atom. The maximum Gasteiger partial charge on any atom is 0.281 e. The molecule has 0 unspecified atom stereocenters. The van der Waals surface area contributed by atoms with Gasteiger partial charge in [0.15, 0.2) is 6.61 Å². The monoisotopic (exact) mass is 443 g/mol. The third kappa shape index (κ3) is 4.39. The van der Waals surface area contributed by atoms with Gasteiger partial charge in [0.1, 0.15) is 17.6 Å². The molecular weight excluding hydrogens is 418 g/mol. The van der Waals surface area contributed by atoms with Crippen molar-refractivity contribution in [3.8, 4) is 5.75 Å². The van der Waals surface area contributed by atoms with Crippen molar-refractivity contribution in [2.75, 3.05) is 18.1 Å². The van der Waals surface area contributed by atoms with Gasteiger partial charge in [-0.05, 0) is 43.2 Å². The van der Waals surface area contributed by atoms with Gasteiger partial charge in [0.25, 0.3) is 5.91 Å². The van der Waals surface area contributed by atoms with E-state index >= 15 is 0 Å². The number of ether oxygens (including phenoxy) is 1. The van der Waals surface area contributed by atoms with Crippen LogP contribution in [0.4, 0.5) is 5.69 Å². The van der Waals surface area contributed by atoms with E-state index in [1.807, 2.05) is 55.5 Å². The summed E-state index contributed by atoms with van der Waals surface area (Å²) in [6.07, 6.45) is 3.58. The van der Waals surface area contributed by atoms with E-state index in [4.69, 9.17) is 9.15 Å². The van der Waals surface area contributed by atoms with Crippen molar-refractivity contribution >= 4 is 23.2 Å². The van der Waals surface area contributed by atoms with Gasteiger partial charge in [0.2, 0.25) is 5.91 Å². The molecule has 1 saturated heterocycles. The zero-order valence-electron chi connectivity index (χ0n) is 18.4. The molecule has 3 heterocycles. The standard InChI is InChI=1S/C26H25N3O4/c1-18-9-11-19(12-10-18)22-16-23(24-7-4-14-32-24)29(27-22)26(31)17-33-21-6-2-5-20(15-21)28-13-3-8-25(28)30/h2,4-7,9-12,14-15,23H,3,8,13,16-17H2,1H3/t23-/m0/s1. The maximum absolute atomic E-state index is 13.1. The van der Waals surface area contributed by atoms with Crippen LogP contribution in [0, 0.1) is 6.92 Å². The molecule has 1 aromatic heterocycles. The van der Waals surface area contributed by atoms with Crippen LogP contribution in [0.3, 0.4) is 0 Å². The van der Waals surface area contributed by atoms with Gasteiger partial charge in [-0.15, -0.1) is 0 Å². The van der Waals surface area contributed by atoms with E-state index in [0.29, 0.717) is 30.9 Å². The third-order valence-electron chi connectivity index (χ3n) is 5.99. The van der Waals surface area contributed by atoms with Crippen LogP contribution in [0.15, 0.2) is 76.4 Å². The zero-order chi connectivity index (χ0) is 22.8. The van der Waals surface area contributed by atoms with Crippen molar-refractivity contribution < 1.29 is 18.7 Å². The lowest BCUT2D eigenvalue weighted by Crippen LogP contribution is -2.31. The molecule has 3 aromatic rings. The molecular formula is C26H25N3O4. The largest absolute Gasteiger partial charge is 0.484 e. The number of hydrogen-bond acceptors (Lipinski definition) is 5. The fraction of sp³-hybridized carbons (Fsp3) is 0.269. The molecule has 2 aliphatic rings. The van der Waals surface area contributed by atoms with E-state index in [1.165, 1.54) is 10.6 Å². The van der Waals surface area contributed by atoms with Gasteiger partial charge in [-0.3, -0.25) is 9.59 Å². The third-order valence-corrected chi connectivity index (χ3v) is 5.99. The quantitative estimate of drug-likeness (QED) is 0.563.